The summed E-state index contributed by atoms with van der Waals surface area (Å²) in [5.74, 6) is 2.19. The Hall–Kier alpha value is -2.93. The lowest BCUT2D eigenvalue weighted by Gasteiger charge is -2.07. The predicted molar refractivity (Wildman–Crippen MR) is 97.4 cm³/mol. The van der Waals surface area contributed by atoms with Crippen LogP contribution in [0.2, 0.25) is 0 Å². The molecule has 2 aromatic heterocycles. The van der Waals surface area contributed by atoms with Crippen LogP contribution in [0.4, 0.5) is 0 Å². The van der Waals surface area contributed by atoms with Crippen molar-refractivity contribution in [1.29, 1.82) is 0 Å². The maximum atomic E-state index is 5.49. The van der Waals surface area contributed by atoms with Gasteiger partial charge in [-0.15, -0.1) is 10.2 Å². The number of nitrogens with zero attached hydrogens (tertiary/aromatic N) is 4. The van der Waals surface area contributed by atoms with Crippen molar-refractivity contribution in [3.63, 3.8) is 0 Å². The molecule has 0 saturated carbocycles. The third-order valence-electron chi connectivity index (χ3n) is 4.02. The lowest BCUT2D eigenvalue weighted by Crippen LogP contribution is -1.94. The van der Waals surface area contributed by atoms with E-state index in [0.717, 1.165) is 38.2 Å². The van der Waals surface area contributed by atoms with Crippen molar-refractivity contribution >= 4 is 16.3 Å². The minimum atomic E-state index is 0.710. The summed E-state index contributed by atoms with van der Waals surface area (Å²) < 4.78 is 12.5. The van der Waals surface area contributed by atoms with Crippen LogP contribution in [0.25, 0.3) is 26.9 Å². The van der Waals surface area contributed by atoms with Gasteiger partial charge in [0.2, 0.25) is 4.96 Å². The molecule has 2 heterocycles. The second-order valence-corrected chi connectivity index (χ2v) is 6.46. The highest BCUT2D eigenvalue weighted by Gasteiger charge is 2.18. The van der Waals surface area contributed by atoms with Crippen LogP contribution in [-0.4, -0.2) is 34.0 Å². The van der Waals surface area contributed by atoms with Gasteiger partial charge in [0.1, 0.15) is 11.5 Å². The third-order valence-corrected chi connectivity index (χ3v) is 4.95. The Balaban J connectivity index is 1.85. The lowest BCUT2D eigenvalue weighted by atomic mass is 10.1. The fraction of sp³-hybridized carbons (Fsp3) is 0.167. The van der Waals surface area contributed by atoms with Crippen molar-refractivity contribution in [2.45, 2.75) is 6.92 Å². The standard InChI is InChI=1S/C18H16N4O2S/c1-11-6-4-5-7-13(11)16-19-20-18-22(16)21-17(25-18)14-9-8-12(23-2)10-15(14)24-3/h4-10H,1-3H3. The molecule has 4 rings (SSSR count). The van der Waals surface area contributed by atoms with Gasteiger partial charge >= 0.3 is 0 Å². The van der Waals surface area contributed by atoms with E-state index in [1.54, 1.807) is 18.7 Å². The first kappa shape index (κ1) is 15.6. The van der Waals surface area contributed by atoms with Gasteiger partial charge in [0.25, 0.3) is 0 Å². The Labute approximate surface area is 148 Å². The average Bonchev–Trinajstić information content (AvgIpc) is 3.22. The van der Waals surface area contributed by atoms with Gasteiger partial charge in [0.05, 0.1) is 19.8 Å². The number of aromatic nitrogens is 4. The van der Waals surface area contributed by atoms with Crippen molar-refractivity contribution in [1.82, 2.24) is 19.8 Å². The zero-order valence-electron chi connectivity index (χ0n) is 14.1. The van der Waals surface area contributed by atoms with Gasteiger partial charge in [-0.05, 0) is 24.6 Å². The summed E-state index contributed by atoms with van der Waals surface area (Å²) in [4.78, 5) is 0.742. The highest BCUT2D eigenvalue weighted by molar-refractivity contribution is 7.19. The Morgan fingerprint density at radius 3 is 2.56 bits per heavy atom. The molecule has 126 valence electrons. The average molecular weight is 352 g/mol. The molecule has 0 N–H and O–H groups in total. The smallest absolute Gasteiger partial charge is 0.235 e. The number of ether oxygens (including phenoxy) is 2. The molecule has 0 amide bonds. The molecule has 7 heteroatoms. The van der Waals surface area contributed by atoms with Crippen LogP contribution in [0.5, 0.6) is 11.5 Å². The van der Waals surface area contributed by atoms with E-state index >= 15 is 0 Å². The fourth-order valence-electron chi connectivity index (χ4n) is 2.69. The van der Waals surface area contributed by atoms with Crippen LogP contribution in [0.3, 0.4) is 0 Å². The number of aryl methyl sites for hydroxylation is 1. The van der Waals surface area contributed by atoms with E-state index in [1.165, 1.54) is 11.3 Å². The van der Waals surface area contributed by atoms with Gasteiger partial charge in [0.15, 0.2) is 10.8 Å². The zero-order valence-corrected chi connectivity index (χ0v) is 14.9. The normalized spacial score (nSPS) is 11.0. The molecule has 0 aliphatic carbocycles. The fourth-order valence-corrected chi connectivity index (χ4v) is 3.56. The summed E-state index contributed by atoms with van der Waals surface area (Å²) >= 11 is 1.47. The molecular formula is C18H16N4O2S. The molecule has 0 fully saturated rings. The minimum absolute atomic E-state index is 0.710. The number of fused-ring (bicyclic) bond motifs is 1. The van der Waals surface area contributed by atoms with Crippen molar-refractivity contribution in [2.24, 2.45) is 0 Å². The first-order valence-corrected chi connectivity index (χ1v) is 8.53. The number of rotatable bonds is 4. The van der Waals surface area contributed by atoms with Gasteiger partial charge in [-0.25, -0.2) is 0 Å². The molecule has 6 nitrogen and oxygen atoms in total. The van der Waals surface area contributed by atoms with Crippen LogP contribution in [0.15, 0.2) is 42.5 Å². The molecular weight excluding hydrogens is 336 g/mol. The van der Waals surface area contributed by atoms with E-state index in [1.807, 2.05) is 36.4 Å². The minimum Gasteiger partial charge on any atom is -0.497 e. The highest BCUT2D eigenvalue weighted by atomic mass is 32.1. The first-order chi connectivity index (χ1) is 12.2. The maximum absolute atomic E-state index is 5.49. The summed E-state index contributed by atoms with van der Waals surface area (Å²) in [7, 11) is 3.27. The highest BCUT2D eigenvalue weighted by Crippen LogP contribution is 2.36. The van der Waals surface area contributed by atoms with Gasteiger partial charge in [0, 0.05) is 11.6 Å². The van der Waals surface area contributed by atoms with E-state index in [4.69, 9.17) is 14.6 Å². The number of methoxy groups -OCH3 is 2. The lowest BCUT2D eigenvalue weighted by molar-refractivity contribution is 0.395. The monoisotopic (exact) mass is 352 g/mol. The third kappa shape index (κ3) is 2.62. The van der Waals surface area contributed by atoms with Crippen LogP contribution in [0, 0.1) is 6.92 Å². The SMILES string of the molecule is COc1ccc(-c2nn3c(-c4ccccc4C)nnc3s2)c(OC)c1. The molecule has 0 bridgehead atoms. The molecule has 0 radical (unpaired) electrons. The van der Waals surface area contributed by atoms with Crippen molar-refractivity contribution in [3.8, 4) is 33.5 Å². The molecule has 0 aliphatic rings. The molecule has 0 spiro atoms. The summed E-state index contributed by atoms with van der Waals surface area (Å²) in [5, 5.41) is 14.1. The van der Waals surface area contributed by atoms with E-state index in [9.17, 15) is 0 Å². The van der Waals surface area contributed by atoms with Gasteiger partial charge in [-0.1, -0.05) is 35.6 Å². The van der Waals surface area contributed by atoms with Crippen LogP contribution in [0.1, 0.15) is 5.56 Å². The van der Waals surface area contributed by atoms with Gasteiger partial charge in [-0.3, -0.25) is 0 Å². The van der Waals surface area contributed by atoms with E-state index in [-0.39, 0.29) is 0 Å². The van der Waals surface area contributed by atoms with Gasteiger partial charge < -0.3 is 9.47 Å². The largest absolute Gasteiger partial charge is 0.497 e. The predicted octanol–water partition coefficient (Wildman–Crippen LogP) is 3.85. The summed E-state index contributed by atoms with van der Waals surface area (Å²) in [6.45, 7) is 2.05. The Morgan fingerprint density at radius 1 is 0.960 bits per heavy atom. The topological polar surface area (TPSA) is 61.5 Å². The molecule has 2 aromatic carbocycles. The number of benzene rings is 2. The summed E-state index contributed by atoms with van der Waals surface area (Å²) in [6.07, 6.45) is 0. The van der Waals surface area contributed by atoms with Gasteiger partial charge in [-0.2, -0.15) is 9.61 Å². The van der Waals surface area contributed by atoms with Crippen LogP contribution >= 0.6 is 11.3 Å². The molecule has 0 saturated heterocycles. The second-order valence-electron chi connectivity index (χ2n) is 5.51. The van der Waals surface area contributed by atoms with E-state index in [2.05, 4.69) is 23.2 Å². The van der Waals surface area contributed by atoms with Crippen molar-refractivity contribution in [2.75, 3.05) is 14.2 Å². The molecule has 4 aromatic rings. The maximum Gasteiger partial charge on any atom is 0.235 e. The first-order valence-electron chi connectivity index (χ1n) is 7.72. The Bertz CT molecular complexity index is 1050. The molecule has 25 heavy (non-hydrogen) atoms. The molecule has 0 atom stereocenters. The van der Waals surface area contributed by atoms with Crippen LogP contribution < -0.4 is 9.47 Å². The molecule has 0 aliphatic heterocycles. The van der Waals surface area contributed by atoms with Crippen LogP contribution in [-0.2, 0) is 0 Å². The van der Waals surface area contributed by atoms with E-state index in [0.29, 0.717) is 5.75 Å². The zero-order chi connectivity index (χ0) is 17.4. The Kier molecular flexibility index (Phi) is 3.85. The number of hydrogen-bond donors (Lipinski definition) is 0. The van der Waals surface area contributed by atoms with Crippen molar-refractivity contribution < 1.29 is 9.47 Å². The molecule has 0 unspecified atom stereocenters. The Morgan fingerprint density at radius 2 is 1.80 bits per heavy atom. The summed E-state index contributed by atoms with van der Waals surface area (Å²) in [5.41, 5.74) is 3.05. The quantitative estimate of drug-likeness (QED) is 0.558. The second kappa shape index (κ2) is 6.18. The van der Waals surface area contributed by atoms with Crippen molar-refractivity contribution in [3.05, 3.63) is 48.0 Å². The van der Waals surface area contributed by atoms with E-state index < -0.39 is 0 Å². The number of hydrogen-bond acceptors (Lipinski definition) is 6. The summed E-state index contributed by atoms with van der Waals surface area (Å²) in [6, 6.07) is 13.8.